The van der Waals surface area contributed by atoms with Gasteiger partial charge in [0.1, 0.15) is 0 Å². The van der Waals surface area contributed by atoms with Gasteiger partial charge in [0, 0.05) is 25.7 Å². The summed E-state index contributed by atoms with van der Waals surface area (Å²) in [6.45, 7) is 4.66. The van der Waals surface area contributed by atoms with Crippen LogP contribution in [0.5, 0.6) is 5.75 Å². The summed E-state index contributed by atoms with van der Waals surface area (Å²) >= 11 is 0. The van der Waals surface area contributed by atoms with E-state index < -0.39 is 20.6 Å². The molecule has 0 amide bonds. The Labute approximate surface area is 123 Å². The van der Waals surface area contributed by atoms with Gasteiger partial charge in [-0.15, -0.1) is 0 Å². The second-order valence-electron chi connectivity index (χ2n) is 4.29. The van der Waals surface area contributed by atoms with E-state index in [1.165, 1.54) is 13.0 Å². The molecule has 0 aromatic heterocycles. The molecule has 9 heteroatoms. The van der Waals surface area contributed by atoms with Gasteiger partial charge in [-0.2, -0.15) is 0 Å². The molecular weight excluding hydrogens is 300 g/mol. The van der Waals surface area contributed by atoms with Crippen molar-refractivity contribution in [2.24, 2.45) is 5.14 Å². The van der Waals surface area contributed by atoms with Gasteiger partial charge >= 0.3 is 5.69 Å². The number of ether oxygens (including phenoxy) is 2. The fourth-order valence-corrected chi connectivity index (χ4v) is 2.49. The molecule has 0 heterocycles. The average Bonchev–Trinajstić information content (AvgIpc) is 2.36. The molecule has 0 aliphatic heterocycles. The number of benzene rings is 1. The number of rotatable bonds is 8. The Morgan fingerprint density at radius 2 is 2.00 bits per heavy atom. The predicted molar refractivity (Wildman–Crippen MR) is 75.8 cm³/mol. The quantitative estimate of drug-likeness (QED) is 0.438. The van der Waals surface area contributed by atoms with Crippen LogP contribution in [-0.4, -0.2) is 33.2 Å². The minimum absolute atomic E-state index is 0.0152. The van der Waals surface area contributed by atoms with Gasteiger partial charge in [-0.3, -0.25) is 10.1 Å². The lowest BCUT2D eigenvalue weighted by Crippen LogP contribution is -2.14. The molecule has 0 radical (unpaired) electrons. The highest BCUT2D eigenvalue weighted by Gasteiger charge is 2.22. The molecular formula is C12H18N2O6S. The Bertz CT molecular complexity index is 614. The first kappa shape index (κ1) is 17.3. The Kier molecular flexibility index (Phi) is 6.06. The number of hydrogen-bond donors (Lipinski definition) is 1. The van der Waals surface area contributed by atoms with E-state index in [4.69, 9.17) is 14.6 Å². The van der Waals surface area contributed by atoms with Gasteiger partial charge < -0.3 is 9.47 Å². The van der Waals surface area contributed by atoms with E-state index in [0.717, 1.165) is 6.07 Å². The molecule has 0 atom stereocenters. The van der Waals surface area contributed by atoms with E-state index in [-0.39, 0.29) is 17.3 Å². The minimum Gasteiger partial charge on any atom is -0.487 e. The van der Waals surface area contributed by atoms with Crippen LogP contribution >= 0.6 is 0 Å². The third-order valence-corrected chi connectivity index (χ3v) is 3.71. The molecule has 0 bridgehead atoms. The topological polar surface area (TPSA) is 122 Å². The fourth-order valence-electron chi connectivity index (χ4n) is 1.70. The fraction of sp³-hybridized carbons (Fsp3) is 0.500. The zero-order valence-electron chi connectivity index (χ0n) is 11.9. The number of primary sulfonamides is 1. The van der Waals surface area contributed by atoms with Crippen LogP contribution in [0.15, 0.2) is 17.0 Å². The van der Waals surface area contributed by atoms with Crippen molar-refractivity contribution in [1.82, 2.24) is 0 Å². The SMILES string of the molecule is CCOCCCOc1cc(C)c(S(N)(=O)=O)cc1[N+](=O)[O-]. The summed E-state index contributed by atoms with van der Waals surface area (Å²) in [5.41, 5.74) is -0.135. The van der Waals surface area contributed by atoms with E-state index in [2.05, 4.69) is 0 Å². The minimum atomic E-state index is -4.02. The Morgan fingerprint density at radius 3 is 2.52 bits per heavy atom. The zero-order chi connectivity index (χ0) is 16.0. The van der Waals surface area contributed by atoms with E-state index >= 15 is 0 Å². The Morgan fingerprint density at radius 1 is 1.33 bits per heavy atom. The highest BCUT2D eigenvalue weighted by atomic mass is 32.2. The summed E-state index contributed by atoms with van der Waals surface area (Å²) in [6, 6.07) is 2.22. The molecule has 0 unspecified atom stereocenters. The highest BCUT2D eigenvalue weighted by Crippen LogP contribution is 2.32. The monoisotopic (exact) mass is 318 g/mol. The van der Waals surface area contributed by atoms with Gasteiger partial charge in [0.25, 0.3) is 0 Å². The maximum atomic E-state index is 11.4. The normalized spacial score (nSPS) is 11.4. The number of nitrogens with two attached hydrogens (primary N) is 1. The number of nitro benzene ring substituents is 1. The van der Waals surface area contributed by atoms with Crippen molar-refractivity contribution in [3.63, 3.8) is 0 Å². The molecule has 0 saturated carbocycles. The second-order valence-corrected chi connectivity index (χ2v) is 5.82. The zero-order valence-corrected chi connectivity index (χ0v) is 12.7. The number of aryl methyl sites for hydroxylation is 1. The van der Waals surface area contributed by atoms with Gasteiger partial charge in [-0.25, -0.2) is 13.6 Å². The molecule has 0 saturated heterocycles. The molecule has 0 aliphatic rings. The predicted octanol–water partition coefficient (Wildman–Crippen LogP) is 1.36. The maximum Gasteiger partial charge on any atom is 0.312 e. The standard InChI is InChI=1S/C12H18N2O6S/c1-3-19-5-4-6-20-11-7-9(2)12(21(13,17)18)8-10(11)14(15)16/h7-8H,3-6H2,1-2H3,(H2,13,17,18). The van der Waals surface area contributed by atoms with Gasteiger partial charge in [0.05, 0.1) is 16.4 Å². The number of nitrogens with zero attached hydrogens (tertiary/aromatic N) is 1. The smallest absolute Gasteiger partial charge is 0.312 e. The number of sulfonamides is 1. The summed E-state index contributed by atoms with van der Waals surface area (Å²) in [5, 5.41) is 16.0. The van der Waals surface area contributed by atoms with Crippen molar-refractivity contribution >= 4 is 15.7 Å². The van der Waals surface area contributed by atoms with Crippen molar-refractivity contribution in [3.05, 3.63) is 27.8 Å². The van der Waals surface area contributed by atoms with E-state index in [0.29, 0.717) is 25.2 Å². The lowest BCUT2D eigenvalue weighted by atomic mass is 10.2. The third-order valence-electron chi connectivity index (χ3n) is 2.65. The molecule has 118 valence electrons. The van der Waals surface area contributed by atoms with Crippen LogP contribution in [0.1, 0.15) is 18.9 Å². The highest BCUT2D eigenvalue weighted by molar-refractivity contribution is 7.89. The third kappa shape index (κ3) is 4.96. The molecule has 1 rings (SSSR count). The van der Waals surface area contributed by atoms with Crippen molar-refractivity contribution in [2.75, 3.05) is 19.8 Å². The largest absolute Gasteiger partial charge is 0.487 e. The molecule has 0 fully saturated rings. The first-order valence-corrected chi connectivity index (χ1v) is 7.84. The van der Waals surface area contributed by atoms with Crippen LogP contribution in [0.25, 0.3) is 0 Å². The summed E-state index contributed by atoms with van der Waals surface area (Å²) in [6.07, 6.45) is 0.570. The Hall–Kier alpha value is -1.71. The molecule has 0 aliphatic carbocycles. The van der Waals surface area contributed by atoms with Crippen LogP contribution in [-0.2, 0) is 14.8 Å². The van der Waals surface area contributed by atoms with Crippen molar-refractivity contribution in [2.45, 2.75) is 25.2 Å². The van der Waals surface area contributed by atoms with Crippen LogP contribution in [0.4, 0.5) is 5.69 Å². The molecule has 21 heavy (non-hydrogen) atoms. The molecule has 1 aromatic carbocycles. The summed E-state index contributed by atoms with van der Waals surface area (Å²) in [4.78, 5) is 10.0. The van der Waals surface area contributed by atoms with E-state index in [9.17, 15) is 18.5 Å². The van der Waals surface area contributed by atoms with Crippen LogP contribution in [0, 0.1) is 17.0 Å². The lowest BCUT2D eigenvalue weighted by Gasteiger charge is -2.10. The van der Waals surface area contributed by atoms with Crippen LogP contribution in [0.2, 0.25) is 0 Å². The van der Waals surface area contributed by atoms with Gasteiger partial charge in [0.2, 0.25) is 10.0 Å². The average molecular weight is 318 g/mol. The molecule has 0 spiro atoms. The maximum absolute atomic E-state index is 11.4. The van der Waals surface area contributed by atoms with E-state index in [1.54, 1.807) is 0 Å². The molecule has 2 N–H and O–H groups in total. The lowest BCUT2D eigenvalue weighted by molar-refractivity contribution is -0.386. The second kappa shape index (κ2) is 7.34. The van der Waals surface area contributed by atoms with Gasteiger partial charge in [0.15, 0.2) is 5.75 Å². The summed E-state index contributed by atoms with van der Waals surface area (Å²) < 4.78 is 33.2. The summed E-state index contributed by atoms with van der Waals surface area (Å²) in [7, 11) is -4.02. The molecule has 1 aromatic rings. The van der Waals surface area contributed by atoms with Gasteiger partial charge in [-0.05, 0) is 25.5 Å². The first-order chi connectivity index (χ1) is 9.77. The number of hydrogen-bond acceptors (Lipinski definition) is 6. The van der Waals surface area contributed by atoms with Gasteiger partial charge in [-0.1, -0.05) is 0 Å². The van der Waals surface area contributed by atoms with Crippen molar-refractivity contribution < 1.29 is 22.8 Å². The Balaban J connectivity index is 2.99. The van der Waals surface area contributed by atoms with Crippen LogP contribution < -0.4 is 9.88 Å². The first-order valence-electron chi connectivity index (χ1n) is 6.29. The molecule has 8 nitrogen and oxygen atoms in total. The van der Waals surface area contributed by atoms with Crippen molar-refractivity contribution in [1.29, 1.82) is 0 Å². The van der Waals surface area contributed by atoms with Crippen molar-refractivity contribution in [3.8, 4) is 5.75 Å². The van der Waals surface area contributed by atoms with Crippen LogP contribution in [0.3, 0.4) is 0 Å². The number of nitro groups is 1. The van der Waals surface area contributed by atoms with E-state index in [1.807, 2.05) is 6.92 Å². The summed E-state index contributed by atoms with van der Waals surface area (Å²) in [5.74, 6) is 0.0152.